The van der Waals surface area contributed by atoms with E-state index in [4.69, 9.17) is 5.73 Å². The van der Waals surface area contributed by atoms with Crippen LogP contribution in [0, 0.1) is 11.2 Å². The SMILES string of the molecule is C[C@@H](NC(=O)C1(C)CCCC1N)c1ccccc1F. The molecule has 2 rings (SSSR count). The van der Waals surface area contributed by atoms with Crippen LogP contribution in [-0.4, -0.2) is 11.9 Å². The van der Waals surface area contributed by atoms with Crippen LogP contribution in [0.25, 0.3) is 0 Å². The van der Waals surface area contributed by atoms with Gasteiger partial charge in [0.25, 0.3) is 0 Å². The molecule has 0 spiro atoms. The Morgan fingerprint density at radius 2 is 2.21 bits per heavy atom. The molecule has 104 valence electrons. The molecular weight excluding hydrogens is 243 g/mol. The topological polar surface area (TPSA) is 55.1 Å². The normalized spacial score (nSPS) is 28.1. The van der Waals surface area contributed by atoms with E-state index in [0.29, 0.717) is 5.56 Å². The van der Waals surface area contributed by atoms with Gasteiger partial charge in [0, 0.05) is 11.6 Å². The fourth-order valence-electron chi connectivity index (χ4n) is 2.74. The number of hydrogen-bond donors (Lipinski definition) is 2. The Hall–Kier alpha value is -1.42. The second kappa shape index (κ2) is 5.29. The lowest BCUT2D eigenvalue weighted by molar-refractivity contribution is -0.131. The molecule has 1 saturated carbocycles. The van der Waals surface area contributed by atoms with Gasteiger partial charge in [-0.1, -0.05) is 24.6 Å². The van der Waals surface area contributed by atoms with Crippen LogP contribution in [0.3, 0.4) is 0 Å². The highest BCUT2D eigenvalue weighted by Gasteiger charge is 2.43. The molecule has 1 aliphatic carbocycles. The summed E-state index contributed by atoms with van der Waals surface area (Å²) in [6, 6.07) is 6.04. The first-order valence-electron chi connectivity index (χ1n) is 6.76. The standard InChI is InChI=1S/C15H21FN2O/c1-10(11-6-3-4-7-12(11)16)18-14(19)15(2)9-5-8-13(15)17/h3-4,6-7,10,13H,5,8-9,17H2,1-2H3,(H,18,19)/t10-,13?,15?/m1/s1. The number of nitrogens with one attached hydrogen (secondary N) is 1. The molecule has 19 heavy (non-hydrogen) atoms. The molecule has 0 saturated heterocycles. The minimum atomic E-state index is -0.528. The minimum Gasteiger partial charge on any atom is -0.349 e. The molecule has 1 amide bonds. The number of benzene rings is 1. The maximum atomic E-state index is 13.7. The highest BCUT2D eigenvalue weighted by atomic mass is 19.1. The van der Waals surface area contributed by atoms with Crippen LogP contribution >= 0.6 is 0 Å². The molecular formula is C15H21FN2O. The van der Waals surface area contributed by atoms with Crippen molar-refractivity contribution in [2.75, 3.05) is 0 Å². The van der Waals surface area contributed by atoms with Gasteiger partial charge in [-0.25, -0.2) is 4.39 Å². The lowest BCUT2D eigenvalue weighted by Crippen LogP contribution is -2.48. The second-order valence-electron chi connectivity index (χ2n) is 5.63. The lowest BCUT2D eigenvalue weighted by Gasteiger charge is -2.29. The van der Waals surface area contributed by atoms with Gasteiger partial charge < -0.3 is 11.1 Å². The van der Waals surface area contributed by atoms with Crippen molar-refractivity contribution in [1.82, 2.24) is 5.32 Å². The molecule has 1 fully saturated rings. The van der Waals surface area contributed by atoms with Crippen LogP contribution < -0.4 is 11.1 Å². The van der Waals surface area contributed by atoms with E-state index in [2.05, 4.69) is 5.32 Å². The van der Waals surface area contributed by atoms with Gasteiger partial charge in [-0.2, -0.15) is 0 Å². The number of halogens is 1. The zero-order valence-corrected chi connectivity index (χ0v) is 11.4. The van der Waals surface area contributed by atoms with Crippen LogP contribution in [0.15, 0.2) is 24.3 Å². The van der Waals surface area contributed by atoms with Gasteiger partial charge in [0.05, 0.1) is 11.5 Å². The second-order valence-corrected chi connectivity index (χ2v) is 5.63. The molecule has 3 nitrogen and oxygen atoms in total. The third-order valence-corrected chi connectivity index (χ3v) is 4.27. The third-order valence-electron chi connectivity index (χ3n) is 4.27. The van der Waals surface area contributed by atoms with Crippen molar-refractivity contribution in [1.29, 1.82) is 0 Å². The molecule has 2 unspecified atom stereocenters. The van der Waals surface area contributed by atoms with E-state index in [-0.39, 0.29) is 23.8 Å². The van der Waals surface area contributed by atoms with E-state index in [1.807, 2.05) is 6.92 Å². The van der Waals surface area contributed by atoms with Crippen molar-refractivity contribution in [3.05, 3.63) is 35.6 Å². The van der Waals surface area contributed by atoms with Crippen molar-refractivity contribution in [3.63, 3.8) is 0 Å². The average Bonchev–Trinajstić information content (AvgIpc) is 2.71. The van der Waals surface area contributed by atoms with Crippen LogP contribution in [-0.2, 0) is 4.79 Å². The van der Waals surface area contributed by atoms with Crippen molar-refractivity contribution in [3.8, 4) is 0 Å². The summed E-state index contributed by atoms with van der Waals surface area (Å²) in [7, 11) is 0. The monoisotopic (exact) mass is 264 g/mol. The van der Waals surface area contributed by atoms with Gasteiger partial charge in [0.15, 0.2) is 0 Å². The van der Waals surface area contributed by atoms with E-state index < -0.39 is 5.41 Å². The highest BCUT2D eigenvalue weighted by Crippen LogP contribution is 2.37. The first-order chi connectivity index (χ1) is 8.95. The van der Waals surface area contributed by atoms with Crippen molar-refractivity contribution in [2.24, 2.45) is 11.1 Å². The zero-order valence-electron chi connectivity index (χ0n) is 11.4. The number of rotatable bonds is 3. The smallest absolute Gasteiger partial charge is 0.227 e. The minimum absolute atomic E-state index is 0.0757. The summed E-state index contributed by atoms with van der Waals surface area (Å²) in [6.07, 6.45) is 2.64. The first kappa shape index (κ1) is 14.0. The van der Waals surface area contributed by atoms with Crippen molar-refractivity contribution < 1.29 is 9.18 Å². The number of carbonyl (C=O) groups is 1. The van der Waals surface area contributed by atoms with E-state index >= 15 is 0 Å². The summed E-state index contributed by atoms with van der Waals surface area (Å²) in [5.41, 5.74) is 6.00. The number of amides is 1. The Labute approximate surface area is 113 Å². The quantitative estimate of drug-likeness (QED) is 0.881. The number of hydrogen-bond acceptors (Lipinski definition) is 2. The predicted molar refractivity (Wildman–Crippen MR) is 72.9 cm³/mol. The van der Waals surface area contributed by atoms with Gasteiger partial charge in [0.2, 0.25) is 5.91 Å². The summed E-state index contributed by atoms with van der Waals surface area (Å²) in [5, 5.41) is 2.89. The maximum absolute atomic E-state index is 13.7. The molecule has 4 heteroatoms. The van der Waals surface area contributed by atoms with Crippen molar-refractivity contribution in [2.45, 2.75) is 45.2 Å². The molecule has 0 bridgehead atoms. The summed E-state index contributed by atoms with van der Waals surface area (Å²) >= 11 is 0. The lowest BCUT2D eigenvalue weighted by atomic mass is 9.84. The Morgan fingerprint density at radius 1 is 1.53 bits per heavy atom. The predicted octanol–water partition coefficient (Wildman–Crippen LogP) is 2.52. The summed E-state index contributed by atoms with van der Waals surface area (Å²) in [4.78, 5) is 12.4. The molecule has 1 aliphatic rings. The average molecular weight is 264 g/mol. The number of nitrogens with two attached hydrogens (primary N) is 1. The third kappa shape index (κ3) is 2.63. The van der Waals surface area contributed by atoms with Crippen molar-refractivity contribution >= 4 is 5.91 Å². The van der Waals surface area contributed by atoms with Crippen LogP contribution in [0.2, 0.25) is 0 Å². The highest BCUT2D eigenvalue weighted by molar-refractivity contribution is 5.83. The summed E-state index contributed by atoms with van der Waals surface area (Å²) in [5.74, 6) is -0.371. The van der Waals surface area contributed by atoms with Gasteiger partial charge in [-0.15, -0.1) is 0 Å². The molecule has 0 radical (unpaired) electrons. The molecule has 1 aromatic carbocycles. The number of carbonyl (C=O) groups excluding carboxylic acids is 1. The van der Waals surface area contributed by atoms with E-state index in [0.717, 1.165) is 19.3 Å². The van der Waals surface area contributed by atoms with E-state index in [1.54, 1.807) is 25.1 Å². The first-order valence-corrected chi connectivity index (χ1v) is 6.76. The Bertz CT molecular complexity index is 477. The van der Waals surface area contributed by atoms with Crippen LogP contribution in [0.5, 0.6) is 0 Å². The Balaban J connectivity index is 2.09. The molecule has 0 heterocycles. The van der Waals surface area contributed by atoms with Gasteiger partial charge in [0.1, 0.15) is 5.82 Å². The Kier molecular flexibility index (Phi) is 3.90. The van der Waals surface area contributed by atoms with Crippen LogP contribution in [0.4, 0.5) is 4.39 Å². The Morgan fingerprint density at radius 3 is 2.79 bits per heavy atom. The maximum Gasteiger partial charge on any atom is 0.227 e. The van der Waals surface area contributed by atoms with Gasteiger partial charge >= 0.3 is 0 Å². The zero-order chi connectivity index (χ0) is 14.0. The van der Waals surface area contributed by atoms with E-state index in [1.165, 1.54) is 6.07 Å². The summed E-state index contributed by atoms with van der Waals surface area (Å²) in [6.45, 7) is 3.69. The van der Waals surface area contributed by atoms with Gasteiger partial charge in [-0.05, 0) is 32.8 Å². The largest absolute Gasteiger partial charge is 0.349 e. The molecule has 3 N–H and O–H groups in total. The van der Waals surface area contributed by atoms with Crippen LogP contribution in [0.1, 0.15) is 44.7 Å². The van der Waals surface area contributed by atoms with Gasteiger partial charge in [-0.3, -0.25) is 4.79 Å². The fourth-order valence-corrected chi connectivity index (χ4v) is 2.74. The molecule has 0 aliphatic heterocycles. The van der Waals surface area contributed by atoms with E-state index in [9.17, 15) is 9.18 Å². The molecule has 3 atom stereocenters. The molecule has 0 aromatic heterocycles. The summed E-state index contributed by atoms with van der Waals surface area (Å²) < 4.78 is 13.7. The molecule has 1 aromatic rings. The fraction of sp³-hybridized carbons (Fsp3) is 0.533.